The number of ether oxygens (including phenoxy) is 1. The Morgan fingerprint density at radius 2 is 2.22 bits per heavy atom. The van der Waals surface area contributed by atoms with Crippen LogP contribution in [-0.4, -0.2) is 42.2 Å². The minimum Gasteiger partial charge on any atom is -0.494 e. The van der Waals surface area contributed by atoms with E-state index in [4.69, 9.17) is 4.74 Å². The summed E-state index contributed by atoms with van der Waals surface area (Å²) in [5.74, 6) is 0.149. The van der Waals surface area contributed by atoms with Gasteiger partial charge in [-0.1, -0.05) is 6.07 Å². The summed E-state index contributed by atoms with van der Waals surface area (Å²) in [7, 11) is 1.15. The predicted octanol–water partition coefficient (Wildman–Crippen LogP) is 2.14. The topological polar surface area (TPSA) is 99.8 Å². The summed E-state index contributed by atoms with van der Waals surface area (Å²) in [6.07, 6.45) is 2.86. The minimum atomic E-state index is -3.76. The molecule has 0 fully saturated rings. The molecule has 3 rings (SSSR count). The number of thiophene rings is 1. The van der Waals surface area contributed by atoms with Gasteiger partial charge in [-0.25, -0.2) is 8.42 Å². The number of carbonyl (C=O) groups is 1. The van der Waals surface area contributed by atoms with E-state index in [2.05, 4.69) is 15.4 Å². The van der Waals surface area contributed by atoms with Gasteiger partial charge < -0.3 is 20.3 Å². The van der Waals surface area contributed by atoms with Crippen LogP contribution in [0.5, 0.6) is 5.75 Å². The molecule has 0 bridgehead atoms. The van der Waals surface area contributed by atoms with Crippen molar-refractivity contribution in [3.05, 3.63) is 35.2 Å². The van der Waals surface area contributed by atoms with Gasteiger partial charge in [0.2, 0.25) is 5.91 Å². The van der Waals surface area contributed by atoms with Crippen molar-refractivity contribution in [2.75, 3.05) is 42.8 Å². The zero-order valence-corrected chi connectivity index (χ0v) is 16.7. The Morgan fingerprint density at radius 3 is 2.85 bits per heavy atom. The van der Waals surface area contributed by atoms with E-state index >= 15 is 0 Å². The van der Waals surface area contributed by atoms with Gasteiger partial charge in [-0.15, -0.1) is 11.3 Å². The number of carbonyl (C=O) groups excluding carboxylic acids is 1. The van der Waals surface area contributed by atoms with E-state index in [-0.39, 0.29) is 10.1 Å². The maximum Gasteiger partial charge on any atom is 0.271 e. The summed E-state index contributed by atoms with van der Waals surface area (Å²) in [5.41, 5.74) is 2.33. The summed E-state index contributed by atoms with van der Waals surface area (Å²) >= 11 is 1.13. The molecule has 8 nitrogen and oxygen atoms in total. The van der Waals surface area contributed by atoms with E-state index in [1.807, 2.05) is 11.9 Å². The number of sulfonamides is 1. The maximum atomic E-state index is 12.7. The fourth-order valence-corrected chi connectivity index (χ4v) is 4.79. The zero-order valence-electron chi connectivity index (χ0n) is 15.1. The normalized spacial score (nSPS) is 13.4. The van der Waals surface area contributed by atoms with Crippen LogP contribution in [0.15, 0.2) is 33.9 Å². The molecule has 144 valence electrons. The third-order valence-corrected chi connectivity index (χ3v) is 6.82. The SMILES string of the molecule is CNC(=O)/C=C/c1c(NS(=O)(=O)c2cccs2)cc2c(c1OC)NCN2C. The highest BCUT2D eigenvalue weighted by Crippen LogP contribution is 2.46. The number of hydrogen-bond acceptors (Lipinski definition) is 7. The Bertz CT molecular complexity index is 985. The zero-order chi connectivity index (χ0) is 19.6. The molecule has 1 aliphatic rings. The van der Waals surface area contributed by atoms with Crippen molar-refractivity contribution in [1.29, 1.82) is 0 Å². The highest BCUT2D eigenvalue weighted by atomic mass is 32.2. The molecule has 2 aromatic rings. The van der Waals surface area contributed by atoms with E-state index in [0.717, 1.165) is 22.7 Å². The molecular weight excluding hydrogens is 388 g/mol. The van der Waals surface area contributed by atoms with Crippen molar-refractivity contribution in [2.24, 2.45) is 0 Å². The summed E-state index contributed by atoms with van der Waals surface area (Å²) < 4.78 is 33.8. The first-order valence-corrected chi connectivity index (χ1v) is 10.4. The van der Waals surface area contributed by atoms with E-state index in [9.17, 15) is 13.2 Å². The number of methoxy groups -OCH3 is 1. The summed E-state index contributed by atoms with van der Waals surface area (Å²) in [6.45, 7) is 0.561. The van der Waals surface area contributed by atoms with Crippen molar-refractivity contribution < 1.29 is 17.9 Å². The maximum absolute atomic E-state index is 12.7. The molecule has 27 heavy (non-hydrogen) atoms. The third kappa shape index (κ3) is 3.71. The molecule has 0 radical (unpaired) electrons. The lowest BCUT2D eigenvalue weighted by atomic mass is 10.1. The number of rotatable bonds is 6. The van der Waals surface area contributed by atoms with Gasteiger partial charge >= 0.3 is 0 Å². The second-order valence-electron chi connectivity index (χ2n) is 5.78. The summed E-state index contributed by atoms with van der Waals surface area (Å²) in [6, 6.07) is 4.93. The van der Waals surface area contributed by atoms with Crippen molar-refractivity contribution in [1.82, 2.24) is 5.32 Å². The van der Waals surface area contributed by atoms with Gasteiger partial charge in [-0.05, 0) is 23.6 Å². The van der Waals surface area contributed by atoms with Crippen LogP contribution in [0.1, 0.15) is 5.56 Å². The summed E-state index contributed by atoms with van der Waals surface area (Å²) in [4.78, 5) is 13.6. The van der Waals surface area contributed by atoms with Crippen LogP contribution in [0.3, 0.4) is 0 Å². The van der Waals surface area contributed by atoms with Crippen LogP contribution in [0, 0.1) is 0 Å². The Morgan fingerprint density at radius 1 is 1.44 bits per heavy atom. The predicted molar refractivity (Wildman–Crippen MR) is 108 cm³/mol. The lowest BCUT2D eigenvalue weighted by Gasteiger charge is -2.18. The van der Waals surface area contributed by atoms with E-state index in [1.165, 1.54) is 32.4 Å². The Hall–Kier alpha value is -2.72. The number of nitrogens with one attached hydrogen (secondary N) is 3. The number of anilines is 3. The second-order valence-corrected chi connectivity index (χ2v) is 8.64. The molecule has 0 aliphatic carbocycles. The molecule has 1 amide bonds. The van der Waals surface area contributed by atoms with Crippen LogP contribution in [0.25, 0.3) is 6.08 Å². The quantitative estimate of drug-likeness (QED) is 0.634. The first-order chi connectivity index (χ1) is 12.9. The van der Waals surface area contributed by atoms with Crippen molar-refractivity contribution >= 4 is 50.4 Å². The van der Waals surface area contributed by atoms with Gasteiger partial charge in [0.15, 0.2) is 5.75 Å². The molecule has 0 atom stereocenters. The monoisotopic (exact) mass is 408 g/mol. The molecule has 0 spiro atoms. The molecule has 1 aliphatic heterocycles. The van der Waals surface area contributed by atoms with Crippen molar-refractivity contribution in [3.8, 4) is 5.75 Å². The second kappa shape index (κ2) is 7.49. The average Bonchev–Trinajstić information content (AvgIpc) is 3.30. The molecule has 1 aromatic heterocycles. The standard InChI is InChI=1S/C17H20N4O4S2/c1-18-14(22)7-6-11-12(20-27(23,24)15-5-4-8-26-15)9-13-16(17(11)25-3)19-10-21(13)2/h4-9,19-20H,10H2,1-3H3,(H,18,22)/b7-6+. The number of benzene rings is 1. The van der Waals surface area contributed by atoms with Crippen LogP contribution in [-0.2, 0) is 14.8 Å². The number of likely N-dealkylation sites (N-methyl/N-ethyl adjacent to an activating group) is 1. The van der Waals surface area contributed by atoms with Gasteiger partial charge in [0.1, 0.15) is 9.90 Å². The van der Waals surface area contributed by atoms with Crippen LogP contribution >= 0.6 is 11.3 Å². The molecule has 0 saturated carbocycles. The fourth-order valence-electron chi connectivity index (χ4n) is 2.73. The third-order valence-electron chi connectivity index (χ3n) is 4.06. The van der Waals surface area contributed by atoms with Gasteiger partial charge in [-0.3, -0.25) is 9.52 Å². The van der Waals surface area contributed by atoms with Gasteiger partial charge in [0, 0.05) is 25.7 Å². The summed E-state index contributed by atoms with van der Waals surface area (Å²) in [5, 5.41) is 7.41. The van der Waals surface area contributed by atoms with Crippen molar-refractivity contribution in [3.63, 3.8) is 0 Å². The molecule has 10 heteroatoms. The number of hydrogen-bond donors (Lipinski definition) is 3. The van der Waals surface area contributed by atoms with Crippen LogP contribution in [0.4, 0.5) is 17.1 Å². The molecule has 0 unspecified atom stereocenters. The fraction of sp³-hybridized carbons (Fsp3) is 0.235. The van der Waals surface area contributed by atoms with E-state index in [1.54, 1.807) is 17.5 Å². The van der Waals surface area contributed by atoms with Crippen LogP contribution in [0.2, 0.25) is 0 Å². The number of fused-ring (bicyclic) bond motifs is 1. The molecular formula is C17H20N4O4S2. The van der Waals surface area contributed by atoms with E-state index < -0.39 is 10.0 Å². The Kier molecular flexibility index (Phi) is 5.29. The first kappa shape index (κ1) is 19.1. The smallest absolute Gasteiger partial charge is 0.271 e. The lowest BCUT2D eigenvalue weighted by Crippen LogP contribution is -2.16. The van der Waals surface area contributed by atoms with E-state index in [0.29, 0.717) is 23.7 Å². The Labute approximate surface area is 161 Å². The van der Waals surface area contributed by atoms with Crippen molar-refractivity contribution in [2.45, 2.75) is 4.21 Å². The van der Waals surface area contributed by atoms with Gasteiger partial charge in [0.05, 0.1) is 25.2 Å². The number of amides is 1. The first-order valence-electron chi connectivity index (χ1n) is 8.03. The Balaban J connectivity index is 2.15. The molecule has 3 N–H and O–H groups in total. The average molecular weight is 409 g/mol. The highest BCUT2D eigenvalue weighted by molar-refractivity contribution is 7.94. The lowest BCUT2D eigenvalue weighted by molar-refractivity contribution is -0.115. The van der Waals surface area contributed by atoms with Gasteiger partial charge in [-0.2, -0.15) is 0 Å². The number of nitrogens with zero attached hydrogens (tertiary/aromatic N) is 1. The molecule has 2 heterocycles. The highest BCUT2D eigenvalue weighted by Gasteiger charge is 2.26. The largest absolute Gasteiger partial charge is 0.494 e. The molecule has 0 saturated heterocycles. The van der Waals surface area contributed by atoms with Crippen LogP contribution < -0.4 is 25.0 Å². The molecule has 1 aromatic carbocycles. The van der Waals surface area contributed by atoms with Gasteiger partial charge in [0.25, 0.3) is 10.0 Å². The minimum absolute atomic E-state index is 0.203.